The molecular weight excluding hydrogens is 327 g/mol. The molecule has 0 spiro atoms. The SMILES string of the molecule is COCc1nc(C2CCN(C(=O)N(C)C)CC2)n(CC(F)(F)F)n1. The summed E-state index contributed by atoms with van der Waals surface area (Å²) >= 11 is 0. The monoisotopic (exact) mass is 349 g/mol. The van der Waals surface area contributed by atoms with Crippen LogP contribution in [0.1, 0.15) is 30.4 Å². The molecule has 1 fully saturated rings. The third-order valence-electron chi connectivity index (χ3n) is 3.86. The molecular formula is C14H22F3N5O2. The standard InChI is InChI=1S/C14H22F3N5O2/c1-20(2)13(23)21-6-4-10(5-7-21)12-18-11(8-24-3)19-22(12)9-14(15,16)17/h10H,4-9H2,1-3H3. The van der Waals surface area contributed by atoms with E-state index in [0.717, 1.165) is 4.68 Å². The van der Waals surface area contributed by atoms with E-state index in [-0.39, 0.29) is 24.4 Å². The number of amides is 2. The van der Waals surface area contributed by atoms with Gasteiger partial charge >= 0.3 is 12.2 Å². The molecule has 0 atom stereocenters. The maximum Gasteiger partial charge on any atom is 0.408 e. The fourth-order valence-electron chi connectivity index (χ4n) is 2.79. The van der Waals surface area contributed by atoms with E-state index in [0.29, 0.717) is 31.8 Å². The third-order valence-corrected chi connectivity index (χ3v) is 3.86. The number of methoxy groups -OCH3 is 1. The molecule has 24 heavy (non-hydrogen) atoms. The van der Waals surface area contributed by atoms with Crippen molar-refractivity contribution >= 4 is 6.03 Å². The maximum atomic E-state index is 12.8. The van der Waals surface area contributed by atoms with Crippen LogP contribution in [0.3, 0.4) is 0 Å². The fraction of sp³-hybridized carbons (Fsp3) is 0.786. The summed E-state index contributed by atoms with van der Waals surface area (Å²) in [6, 6.07) is -0.0923. The van der Waals surface area contributed by atoms with Gasteiger partial charge in [-0.25, -0.2) is 14.5 Å². The molecule has 0 N–H and O–H groups in total. The van der Waals surface area contributed by atoms with Gasteiger partial charge < -0.3 is 14.5 Å². The van der Waals surface area contributed by atoms with E-state index in [1.54, 1.807) is 19.0 Å². The summed E-state index contributed by atoms with van der Waals surface area (Å²) in [5.41, 5.74) is 0. The number of hydrogen-bond acceptors (Lipinski definition) is 4. The molecule has 2 amide bonds. The van der Waals surface area contributed by atoms with Crippen LogP contribution in [0, 0.1) is 0 Å². The normalized spacial score (nSPS) is 16.5. The first kappa shape index (κ1) is 18.5. The largest absolute Gasteiger partial charge is 0.408 e. The Morgan fingerprint density at radius 1 is 1.33 bits per heavy atom. The van der Waals surface area contributed by atoms with Gasteiger partial charge in [-0.15, -0.1) is 0 Å². The molecule has 1 saturated heterocycles. The molecule has 10 heteroatoms. The molecule has 0 aliphatic carbocycles. The van der Waals surface area contributed by atoms with Gasteiger partial charge in [-0.1, -0.05) is 0 Å². The highest BCUT2D eigenvalue weighted by Crippen LogP contribution is 2.29. The number of alkyl halides is 3. The lowest BCUT2D eigenvalue weighted by atomic mass is 9.96. The van der Waals surface area contributed by atoms with Crippen molar-refractivity contribution in [2.45, 2.75) is 38.1 Å². The quantitative estimate of drug-likeness (QED) is 0.832. The molecule has 0 bridgehead atoms. The molecule has 1 aliphatic rings. The lowest BCUT2D eigenvalue weighted by Crippen LogP contribution is -2.43. The van der Waals surface area contributed by atoms with Crippen molar-refractivity contribution in [1.29, 1.82) is 0 Å². The Kier molecular flexibility index (Phi) is 5.68. The number of hydrogen-bond donors (Lipinski definition) is 0. The van der Waals surface area contributed by atoms with Gasteiger partial charge in [0.05, 0.1) is 0 Å². The number of carbonyl (C=O) groups is 1. The molecule has 0 aromatic carbocycles. The Balaban J connectivity index is 2.12. The zero-order valence-electron chi connectivity index (χ0n) is 14.0. The second-order valence-electron chi connectivity index (χ2n) is 6.03. The number of aromatic nitrogens is 3. The van der Waals surface area contributed by atoms with E-state index in [2.05, 4.69) is 10.1 Å². The zero-order valence-corrected chi connectivity index (χ0v) is 14.0. The lowest BCUT2D eigenvalue weighted by Gasteiger charge is -2.33. The smallest absolute Gasteiger partial charge is 0.377 e. The minimum atomic E-state index is -4.37. The summed E-state index contributed by atoms with van der Waals surface area (Å²) in [6.07, 6.45) is -3.25. The zero-order chi connectivity index (χ0) is 17.9. The van der Waals surface area contributed by atoms with Gasteiger partial charge in [-0.2, -0.15) is 18.3 Å². The summed E-state index contributed by atoms with van der Waals surface area (Å²) in [6.45, 7) is -0.133. The minimum Gasteiger partial charge on any atom is -0.377 e. The molecule has 1 aliphatic heterocycles. The second kappa shape index (κ2) is 7.37. The Bertz CT molecular complexity index is 565. The van der Waals surface area contributed by atoms with E-state index in [4.69, 9.17) is 4.74 Å². The van der Waals surface area contributed by atoms with Crippen LogP contribution in [0.4, 0.5) is 18.0 Å². The van der Waals surface area contributed by atoms with Crippen LogP contribution in [-0.2, 0) is 17.9 Å². The van der Waals surface area contributed by atoms with Gasteiger partial charge in [0.2, 0.25) is 0 Å². The Morgan fingerprint density at radius 3 is 2.46 bits per heavy atom. The van der Waals surface area contributed by atoms with Crippen molar-refractivity contribution in [3.05, 3.63) is 11.6 Å². The highest BCUT2D eigenvalue weighted by molar-refractivity contribution is 5.73. The highest BCUT2D eigenvalue weighted by Gasteiger charge is 2.33. The van der Waals surface area contributed by atoms with Crippen LogP contribution >= 0.6 is 0 Å². The predicted octanol–water partition coefficient (Wildman–Crippen LogP) is 1.85. The Morgan fingerprint density at radius 2 is 1.96 bits per heavy atom. The minimum absolute atomic E-state index is 0.0653. The van der Waals surface area contributed by atoms with Crippen LogP contribution in [0.5, 0.6) is 0 Å². The summed E-state index contributed by atoms with van der Waals surface area (Å²) in [7, 11) is 4.78. The number of halogens is 3. The fourth-order valence-corrected chi connectivity index (χ4v) is 2.79. The van der Waals surface area contributed by atoms with E-state index >= 15 is 0 Å². The maximum absolute atomic E-state index is 12.8. The van der Waals surface area contributed by atoms with Gasteiger partial charge in [0.15, 0.2) is 5.82 Å². The first-order chi connectivity index (χ1) is 11.2. The van der Waals surface area contributed by atoms with Crippen molar-refractivity contribution in [3.8, 4) is 0 Å². The van der Waals surface area contributed by atoms with Crippen LogP contribution < -0.4 is 0 Å². The summed E-state index contributed by atoms with van der Waals surface area (Å²) < 4.78 is 44.1. The Hall–Kier alpha value is -1.84. The number of carbonyl (C=O) groups excluding carboxylic acids is 1. The van der Waals surface area contributed by atoms with Crippen LogP contribution in [0.15, 0.2) is 0 Å². The molecule has 0 radical (unpaired) electrons. The van der Waals surface area contributed by atoms with E-state index < -0.39 is 12.7 Å². The average molecular weight is 349 g/mol. The average Bonchev–Trinajstić information content (AvgIpc) is 2.87. The lowest BCUT2D eigenvalue weighted by molar-refractivity contribution is -0.143. The number of nitrogens with zero attached hydrogens (tertiary/aromatic N) is 5. The van der Waals surface area contributed by atoms with Crippen molar-refractivity contribution in [2.24, 2.45) is 0 Å². The van der Waals surface area contributed by atoms with E-state index in [1.165, 1.54) is 12.0 Å². The van der Waals surface area contributed by atoms with E-state index in [1.807, 2.05) is 0 Å². The van der Waals surface area contributed by atoms with Crippen molar-refractivity contribution in [3.63, 3.8) is 0 Å². The molecule has 0 saturated carbocycles. The van der Waals surface area contributed by atoms with Gasteiger partial charge in [-0.05, 0) is 12.8 Å². The Labute approximate surface area is 138 Å². The number of ether oxygens (including phenoxy) is 1. The summed E-state index contributed by atoms with van der Waals surface area (Å²) in [5, 5.41) is 3.91. The number of likely N-dealkylation sites (tertiary alicyclic amines) is 1. The first-order valence-electron chi connectivity index (χ1n) is 7.67. The van der Waals surface area contributed by atoms with Crippen molar-refractivity contribution in [1.82, 2.24) is 24.6 Å². The van der Waals surface area contributed by atoms with E-state index in [9.17, 15) is 18.0 Å². The molecule has 136 valence electrons. The van der Waals surface area contributed by atoms with Gasteiger partial charge in [-0.3, -0.25) is 0 Å². The number of piperidine rings is 1. The number of rotatable bonds is 4. The third kappa shape index (κ3) is 4.59. The molecule has 7 nitrogen and oxygen atoms in total. The summed E-state index contributed by atoms with van der Waals surface area (Å²) in [5.74, 6) is 0.400. The second-order valence-corrected chi connectivity index (χ2v) is 6.03. The molecule has 1 aromatic rings. The van der Waals surface area contributed by atoms with Crippen LogP contribution in [0.25, 0.3) is 0 Å². The highest BCUT2D eigenvalue weighted by atomic mass is 19.4. The van der Waals surface area contributed by atoms with Crippen LogP contribution in [0.2, 0.25) is 0 Å². The molecule has 1 aromatic heterocycles. The van der Waals surface area contributed by atoms with Crippen molar-refractivity contribution in [2.75, 3.05) is 34.3 Å². The van der Waals surface area contributed by atoms with Gasteiger partial charge in [0.1, 0.15) is 19.0 Å². The van der Waals surface area contributed by atoms with Gasteiger partial charge in [0.25, 0.3) is 0 Å². The number of urea groups is 1. The molecule has 0 unspecified atom stereocenters. The van der Waals surface area contributed by atoms with Crippen LogP contribution in [-0.4, -0.2) is 71.1 Å². The predicted molar refractivity (Wildman–Crippen MR) is 79.4 cm³/mol. The topological polar surface area (TPSA) is 63.5 Å². The first-order valence-corrected chi connectivity index (χ1v) is 7.67. The van der Waals surface area contributed by atoms with Gasteiger partial charge in [0, 0.05) is 40.2 Å². The van der Waals surface area contributed by atoms with Crippen molar-refractivity contribution < 1.29 is 22.7 Å². The molecule has 2 rings (SSSR count). The molecule has 2 heterocycles. The summed E-state index contributed by atoms with van der Waals surface area (Å²) in [4.78, 5) is 19.3.